The molecule has 0 bridgehead atoms. The van der Waals surface area contributed by atoms with Crippen LogP contribution in [0.5, 0.6) is 0 Å². The second kappa shape index (κ2) is 5.54. The molecular formula is C13H12N6S. The van der Waals surface area contributed by atoms with Gasteiger partial charge in [-0.25, -0.2) is 9.67 Å². The second-order valence-corrected chi connectivity index (χ2v) is 4.82. The number of nitrogens with zero attached hydrogens (tertiary/aromatic N) is 4. The zero-order chi connectivity index (χ0) is 13.8. The van der Waals surface area contributed by atoms with Gasteiger partial charge in [0.05, 0.1) is 11.9 Å². The molecule has 2 heterocycles. The van der Waals surface area contributed by atoms with Crippen LogP contribution in [0.15, 0.2) is 53.2 Å². The molecule has 100 valence electrons. The summed E-state index contributed by atoms with van der Waals surface area (Å²) in [5.41, 5.74) is 10.3. The molecule has 7 heteroatoms. The summed E-state index contributed by atoms with van der Waals surface area (Å²) in [7, 11) is 0. The van der Waals surface area contributed by atoms with Crippen molar-refractivity contribution in [3.8, 4) is 5.69 Å². The third-order valence-electron chi connectivity index (χ3n) is 2.57. The van der Waals surface area contributed by atoms with E-state index in [0.717, 1.165) is 11.3 Å². The van der Waals surface area contributed by atoms with Gasteiger partial charge in [0, 0.05) is 23.3 Å². The second-order valence-electron chi connectivity index (χ2n) is 3.96. The van der Waals surface area contributed by atoms with E-state index in [1.165, 1.54) is 11.3 Å². The molecule has 0 aliphatic rings. The van der Waals surface area contributed by atoms with Crippen LogP contribution in [0.4, 0.5) is 10.9 Å². The minimum absolute atomic E-state index is 0.490. The minimum atomic E-state index is 0.490. The zero-order valence-corrected chi connectivity index (χ0v) is 11.3. The zero-order valence-electron chi connectivity index (χ0n) is 10.5. The lowest BCUT2D eigenvalue weighted by atomic mass is 10.2. The first-order valence-corrected chi connectivity index (χ1v) is 6.80. The van der Waals surface area contributed by atoms with Gasteiger partial charge in [0.1, 0.15) is 5.82 Å². The van der Waals surface area contributed by atoms with Crippen LogP contribution in [0.25, 0.3) is 5.69 Å². The van der Waals surface area contributed by atoms with Crippen molar-refractivity contribution in [2.75, 3.05) is 11.2 Å². The normalized spacial score (nSPS) is 11.0. The molecule has 0 spiro atoms. The number of thiazole rings is 1. The fourth-order valence-electron chi connectivity index (χ4n) is 1.71. The van der Waals surface area contributed by atoms with E-state index < -0.39 is 0 Å². The Bertz CT molecular complexity index is 716. The minimum Gasteiger partial charge on any atom is -0.383 e. The summed E-state index contributed by atoms with van der Waals surface area (Å²) < 4.78 is 1.79. The highest BCUT2D eigenvalue weighted by Crippen LogP contribution is 2.16. The van der Waals surface area contributed by atoms with Gasteiger partial charge < -0.3 is 5.73 Å². The van der Waals surface area contributed by atoms with Crippen LogP contribution in [0, 0.1) is 0 Å². The van der Waals surface area contributed by atoms with E-state index in [2.05, 4.69) is 20.6 Å². The topological polar surface area (TPSA) is 81.1 Å². The Kier molecular flexibility index (Phi) is 3.42. The average molecular weight is 284 g/mol. The molecule has 1 aromatic carbocycles. The Morgan fingerprint density at radius 2 is 2.20 bits per heavy atom. The van der Waals surface area contributed by atoms with Crippen molar-refractivity contribution in [2.24, 2.45) is 5.10 Å². The molecule has 6 nitrogen and oxygen atoms in total. The Morgan fingerprint density at radius 1 is 1.30 bits per heavy atom. The largest absolute Gasteiger partial charge is 0.383 e. The van der Waals surface area contributed by atoms with Gasteiger partial charge in [0.2, 0.25) is 5.13 Å². The van der Waals surface area contributed by atoms with Crippen molar-refractivity contribution in [1.82, 2.24) is 14.8 Å². The van der Waals surface area contributed by atoms with E-state index in [0.29, 0.717) is 10.9 Å². The van der Waals surface area contributed by atoms with Crippen LogP contribution >= 0.6 is 11.3 Å². The predicted molar refractivity (Wildman–Crippen MR) is 81.3 cm³/mol. The van der Waals surface area contributed by atoms with Crippen molar-refractivity contribution in [2.45, 2.75) is 0 Å². The number of hydrogen-bond acceptors (Lipinski definition) is 6. The third kappa shape index (κ3) is 2.67. The number of nitrogen functional groups attached to an aromatic ring is 1. The van der Waals surface area contributed by atoms with Gasteiger partial charge in [-0.1, -0.05) is 18.2 Å². The molecule has 0 saturated carbocycles. The molecule has 20 heavy (non-hydrogen) atoms. The molecule has 0 radical (unpaired) electrons. The van der Waals surface area contributed by atoms with Gasteiger partial charge >= 0.3 is 0 Å². The van der Waals surface area contributed by atoms with Gasteiger partial charge in [0.25, 0.3) is 0 Å². The molecule has 3 aromatic rings. The first-order valence-electron chi connectivity index (χ1n) is 5.92. The first kappa shape index (κ1) is 12.4. The molecule has 0 unspecified atom stereocenters. The number of para-hydroxylation sites is 1. The summed E-state index contributed by atoms with van der Waals surface area (Å²) in [6.07, 6.45) is 5.36. The van der Waals surface area contributed by atoms with E-state index in [4.69, 9.17) is 5.73 Å². The average Bonchev–Trinajstić information content (AvgIpc) is 3.11. The van der Waals surface area contributed by atoms with Crippen molar-refractivity contribution < 1.29 is 0 Å². The number of aromatic nitrogens is 3. The summed E-state index contributed by atoms with van der Waals surface area (Å²) in [5, 5.41) is 10.8. The van der Waals surface area contributed by atoms with E-state index in [9.17, 15) is 0 Å². The van der Waals surface area contributed by atoms with Gasteiger partial charge in [-0.2, -0.15) is 10.2 Å². The number of rotatable bonds is 4. The molecule has 0 aliphatic carbocycles. The number of nitrogens with one attached hydrogen (secondary N) is 1. The summed E-state index contributed by atoms with van der Waals surface area (Å²) in [5.74, 6) is 0.490. The molecule has 0 atom stereocenters. The highest BCUT2D eigenvalue weighted by atomic mass is 32.1. The Balaban J connectivity index is 1.80. The number of hydrogen-bond donors (Lipinski definition) is 2. The van der Waals surface area contributed by atoms with Gasteiger partial charge in [0.15, 0.2) is 0 Å². The van der Waals surface area contributed by atoms with Crippen molar-refractivity contribution in [3.05, 3.63) is 53.7 Å². The van der Waals surface area contributed by atoms with Crippen LogP contribution < -0.4 is 11.2 Å². The SMILES string of the molecule is Nc1csc(NN=Cc2ccccc2-n2cccn2)n1. The highest BCUT2D eigenvalue weighted by Gasteiger charge is 2.01. The smallest absolute Gasteiger partial charge is 0.205 e. The maximum absolute atomic E-state index is 5.55. The molecule has 0 aliphatic heterocycles. The Morgan fingerprint density at radius 3 is 2.95 bits per heavy atom. The van der Waals surface area contributed by atoms with Crippen LogP contribution in [0.2, 0.25) is 0 Å². The summed E-state index contributed by atoms with van der Waals surface area (Å²) in [4.78, 5) is 4.07. The van der Waals surface area contributed by atoms with E-state index in [1.54, 1.807) is 22.5 Å². The molecule has 3 N–H and O–H groups in total. The maximum atomic E-state index is 5.55. The quantitative estimate of drug-likeness (QED) is 0.569. The third-order valence-corrected chi connectivity index (χ3v) is 3.34. The monoisotopic (exact) mass is 284 g/mol. The van der Waals surface area contributed by atoms with E-state index in [-0.39, 0.29) is 0 Å². The number of anilines is 2. The fraction of sp³-hybridized carbons (Fsp3) is 0. The fourth-order valence-corrected chi connectivity index (χ4v) is 2.26. The molecule has 0 fully saturated rings. The number of nitrogens with two attached hydrogens (primary N) is 1. The van der Waals surface area contributed by atoms with Crippen molar-refractivity contribution in [1.29, 1.82) is 0 Å². The van der Waals surface area contributed by atoms with Crippen LogP contribution in [0.1, 0.15) is 5.56 Å². The Hall–Kier alpha value is -2.67. The highest BCUT2D eigenvalue weighted by molar-refractivity contribution is 7.14. The molecule has 0 amide bonds. The summed E-state index contributed by atoms with van der Waals surface area (Å²) in [6, 6.07) is 9.75. The standard InChI is InChI=1S/C13H12N6S/c14-12-9-20-13(17-12)18-15-8-10-4-1-2-5-11(10)19-7-3-6-16-19/h1-9H,14H2,(H,17,18). The van der Waals surface area contributed by atoms with Gasteiger partial charge in [-0.3, -0.25) is 5.43 Å². The van der Waals surface area contributed by atoms with Gasteiger partial charge in [-0.15, -0.1) is 11.3 Å². The van der Waals surface area contributed by atoms with Crippen molar-refractivity contribution >= 4 is 28.5 Å². The molecular weight excluding hydrogens is 272 g/mol. The van der Waals surface area contributed by atoms with Crippen LogP contribution in [0.3, 0.4) is 0 Å². The molecule has 3 rings (SSSR count). The van der Waals surface area contributed by atoms with Crippen molar-refractivity contribution in [3.63, 3.8) is 0 Å². The molecule has 2 aromatic heterocycles. The Labute approximate surface area is 119 Å². The maximum Gasteiger partial charge on any atom is 0.205 e. The summed E-state index contributed by atoms with van der Waals surface area (Å²) in [6.45, 7) is 0. The van der Waals surface area contributed by atoms with Crippen LogP contribution in [-0.4, -0.2) is 21.0 Å². The number of hydrazone groups is 1. The first-order chi connectivity index (χ1) is 9.83. The predicted octanol–water partition coefficient (Wildman–Crippen LogP) is 2.36. The van der Waals surface area contributed by atoms with E-state index in [1.807, 2.05) is 36.5 Å². The lowest BCUT2D eigenvalue weighted by Gasteiger charge is -2.04. The lowest BCUT2D eigenvalue weighted by Crippen LogP contribution is -2.00. The van der Waals surface area contributed by atoms with E-state index >= 15 is 0 Å². The summed E-state index contributed by atoms with van der Waals surface area (Å²) >= 11 is 1.41. The lowest BCUT2D eigenvalue weighted by molar-refractivity contribution is 0.879. The van der Waals surface area contributed by atoms with Crippen LogP contribution in [-0.2, 0) is 0 Å². The van der Waals surface area contributed by atoms with Gasteiger partial charge in [-0.05, 0) is 12.1 Å². The molecule has 0 saturated heterocycles. The number of benzene rings is 1.